The van der Waals surface area contributed by atoms with Crippen LogP contribution in [0.15, 0.2) is 30.3 Å². The number of aromatic nitrogens is 2. The number of para-hydroxylation sites is 1. The topological polar surface area (TPSA) is 55.1 Å². The van der Waals surface area contributed by atoms with Gasteiger partial charge in [-0.3, -0.25) is 4.79 Å². The van der Waals surface area contributed by atoms with Gasteiger partial charge in [-0.05, 0) is 45.4 Å². The minimum atomic E-state index is -0.987. The minimum Gasteiger partial charge on any atom is -0.481 e. The number of aliphatic carboxylic acids is 1. The number of hydrogen-bond donors (Lipinski definition) is 1. The van der Waals surface area contributed by atoms with Crippen molar-refractivity contribution in [3.63, 3.8) is 0 Å². The molecule has 0 aliphatic heterocycles. The standard InChI is InChI=1S/C15H18N2O2/c1-10-7-5-6-8-12(10)17-11(2)9-13(16-17)15(3,4)14(18)19/h5-9H,1-4H3,(H,18,19). The third-order valence-electron chi connectivity index (χ3n) is 3.41. The van der Waals surface area contributed by atoms with Crippen molar-refractivity contribution in [3.8, 4) is 5.69 Å². The summed E-state index contributed by atoms with van der Waals surface area (Å²) in [5.74, 6) is -0.873. The molecular formula is C15H18N2O2. The van der Waals surface area contributed by atoms with Crippen LogP contribution >= 0.6 is 0 Å². The van der Waals surface area contributed by atoms with Gasteiger partial charge in [0.25, 0.3) is 0 Å². The highest BCUT2D eigenvalue weighted by Gasteiger charge is 2.32. The lowest BCUT2D eigenvalue weighted by molar-refractivity contribution is -0.142. The number of nitrogens with zero attached hydrogens (tertiary/aromatic N) is 2. The van der Waals surface area contributed by atoms with Gasteiger partial charge in [0.15, 0.2) is 0 Å². The Morgan fingerprint density at radius 1 is 1.26 bits per heavy atom. The lowest BCUT2D eigenvalue weighted by Gasteiger charge is -2.15. The molecule has 0 atom stereocenters. The van der Waals surface area contributed by atoms with Crippen LogP contribution in [-0.2, 0) is 10.2 Å². The summed E-state index contributed by atoms with van der Waals surface area (Å²) in [5, 5.41) is 13.7. The van der Waals surface area contributed by atoms with Crippen LogP contribution < -0.4 is 0 Å². The van der Waals surface area contributed by atoms with Gasteiger partial charge in [0.1, 0.15) is 5.41 Å². The van der Waals surface area contributed by atoms with Crippen LogP contribution in [0.25, 0.3) is 5.69 Å². The highest BCUT2D eigenvalue weighted by Crippen LogP contribution is 2.25. The monoisotopic (exact) mass is 258 g/mol. The second-order valence-electron chi connectivity index (χ2n) is 5.30. The van der Waals surface area contributed by atoms with E-state index in [-0.39, 0.29) is 0 Å². The normalized spacial score (nSPS) is 11.6. The van der Waals surface area contributed by atoms with Gasteiger partial charge in [-0.25, -0.2) is 4.68 Å². The summed E-state index contributed by atoms with van der Waals surface area (Å²) in [6, 6.07) is 9.75. The van der Waals surface area contributed by atoms with Gasteiger partial charge < -0.3 is 5.11 Å². The van der Waals surface area contributed by atoms with Crippen LogP contribution in [0.3, 0.4) is 0 Å². The Hall–Kier alpha value is -2.10. The van der Waals surface area contributed by atoms with E-state index in [1.165, 1.54) is 0 Å². The molecule has 1 aromatic heterocycles. The van der Waals surface area contributed by atoms with Gasteiger partial charge in [0.05, 0.1) is 11.4 Å². The number of hydrogen-bond acceptors (Lipinski definition) is 2. The number of carbonyl (C=O) groups is 1. The Bertz CT molecular complexity index is 627. The van der Waals surface area contributed by atoms with E-state index >= 15 is 0 Å². The highest BCUT2D eigenvalue weighted by atomic mass is 16.4. The first kappa shape index (κ1) is 13.3. The van der Waals surface area contributed by atoms with Gasteiger partial charge >= 0.3 is 5.97 Å². The Labute approximate surface area is 112 Å². The molecule has 1 aromatic carbocycles. The van der Waals surface area contributed by atoms with Crippen molar-refractivity contribution >= 4 is 5.97 Å². The van der Waals surface area contributed by atoms with E-state index in [0.717, 1.165) is 16.9 Å². The largest absolute Gasteiger partial charge is 0.481 e. The maximum atomic E-state index is 11.3. The van der Waals surface area contributed by atoms with Crippen LogP contribution in [0.5, 0.6) is 0 Å². The summed E-state index contributed by atoms with van der Waals surface area (Å²) in [6.07, 6.45) is 0. The molecule has 2 rings (SSSR count). The molecule has 0 bridgehead atoms. The van der Waals surface area contributed by atoms with Crippen LogP contribution in [0.4, 0.5) is 0 Å². The number of rotatable bonds is 3. The molecule has 0 fully saturated rings. The fourth-order valence-electron chi connectivity index (χ4n) is 1.93. The molecule has 0 unspecified atom stereocenters. The van der Waals surface area contributed by atoms with Gasteiger partial charge in [-0.2, -0.15) is 5.10 Å². The van der Waals surface area contributed by atoms with Crippen molar-refractivity contribution in [1.29, 1.82) is 0 Å². The van der Waals surface area contributed by atoms with Crippen molar-refractivity contribution in [2.75, 3.05) is 0 Å². The third-order valence-corrected chi connectivity index (χ3v) is 3.41. The van der Waals surface area contributed by atoms with Gasteiger partial charge in [0.2, 0.25) is 0 Å². The van der Waals surface area contributed by atoms with E-state index in [2.05, 4.69) is 5.10 Å². The van der Waals surface area contributed by atoms with Crippen molar-refractivity contribution < 1.29 is 9.90 Å². The molecule has 4 heteroatoms. The SMILES string of the molecule is Cc1ccccc1-n1nc(C(C)(C)C(=O)O)cc1C. The summed E-state index contributed by atoms with van der Waals surface area (Å²) < 4.78 is 1.80. The quantitative estimate of drug-likeness (QED) is 0.921. The first-order valence-electron chi connectivity index (χ1n) is 6.20. The molecule has 0 amide bonds. The Morgan fingerprint density at radius 2 is 1.89 bits per heavy atom. The molecule has 0 spiro atoms. The van der Waals surface area contributed by atoms with E-state index in [1.54, 1.807) is 18.5 Å². The Balaban J connectivity index is 2.55. The van der Waals surface area contributed by atoms with Crippen LogP contribution in [-0.4, -0.2) is 20.9 Å². The molecular weight excluding hydrogens is 240 g/mol. The molecule has 100 valence electrons. The van der Waals surface area contributed by atoms with Crippen molar-refractivity contribution in [2.24, 2.45) is 0 Å². The van der Waals surface area contributed by atoms with E-state index in [9.17, 15) is 9.90 Å². The van der Waals surface area contributed by atoms with E-state index < -0.39 is 11.4 Å². The summed E-state index contributed by atoms with van der Waals surface area (Å²) >= 11 is 0. The first-order valence-corrected chi connectivity index (χ1v) is 6.20. The van der Waals surface area contributed by atoms with Gasteiger partial charge in [-0.15, -0.1) is 0 Å². The number of benzene rings is 1. The molecule has 1 N–H and O–H groups in total. The zero-order valence-electron chi connectivity index (χ0n) is 11.6. The van der Waals surface area contributed by atoms with E-state index in [0.29, 0.717) is 5.69 Å². The second kappa shape index (κ2) is 4.53. The molecule has 2 aromatic rings. The van der Waals surface area contributed by atoms with Crippen molar-refractivity contribution in [3.05, 3.63) is 47.3 Å². The lowest BCUT2D eigenvalue weighted by atomic mass is 9.89. The molecule has 19 heavy (non-hydrogen) atoms. The molecule has 4 nitrogen and oxygen atoms in total. The lowest BCUT2D eigenvalue weighted by Crippen LogP contribution is -2.29. The fourth-order valence-corrected chi connectivity index (χ4v) is 1.93. The first-order chi connectivity index (χ1) is 8.84. The zero-order chi connectivity index (χ0) is 14.2. The fraction of sp³-hybridized carbons (Fsp3) is 0.333. The molecule has 0 aliphatic carbocycles. The second-order valence-corrected chi connectivity index (χ2v) is 5.30. The van der Waals surface area contributed by atoms with Crippen LogP contribution in [0, 0.1) is 13.8 Å². The van der Waals surface area contributed by atoms with Crippen molar-refractivity contribution in [2.45, 2.75) is 33.1 Å². The summed E-state index contributed by atoms with van der Waals surface area (Å²) in [5.41, 5.74) is 2.60. The van der Waals surface area contributed by atoms with Gasteiger partial charge in [0, 0.05) is 5.69 Å². The van der Waals surface area contributed by atoms with Crippen LogP contribution in [0.1, 0.15) is 30.8 Å². The van der Waals surface area contributed by atoms with E-state index in [4.69, 9.17) is 0 Å². The summed E-state index contributed by atoms with van der Waals surface area (Å²) in [4.78, 5) is 11.3. The highest BCUT2D eigenvalue weighted by molar-refractivity contribution is 5.79. The molecule has 0 radical (unpaired) electrons. The maximum absolute atomic E-state index is 11.3. The van der Waals surface area contributed by atoms with Crippen molar-refractivity contribution in [1.82, 2.24) is 9.78 Å². The van der Waals surface area contributed by atoms with E-state index in [1.807, 2.05) is 44.2 Å². The maximum Gasteiger partial charge on any atom is 0.315 e. The summed E-state index contributed by atoms with van der Waals surface area (Å²) in [6.45, 7) is 7.28. The third kappa shape index (κ3) is 2.26. The Kier molecular flexibility index (Phi) is 3.18. The predicted molar refractivity (Wildman–Crippen MR) is 73.7 cm³/mol. The Morgan fingerprint density at radius 3 is 2.47 bits per heavy atom. The summed E-state index contributed by atoms with van der Waals surface area (Å²) in [7, 11) is 0. The number of carboxylic acids is 1. The average molecular weight is 258 g/mol. The average Bonchev–Trinajstić information content (AvgIpc) is 2.72. The zero-order valence-corrected chi connectivity index (χ0v) is 11.6. The smallest absolute Gasteiger partial charge is 0.315 e. The molecule has 1 heterocycles. The number of carboxylic acid groups (broad SMARTS) is 1. The minimum absolute atomic E-state index is 0.570. The molecule has 0 aliphatic rings. The predicted octanol–water partition coefficient (Wildman–Crippen LogP) is 2.85. The van der Waals surface area contributed by atoms with Gasteiger partial charge in [-0.1, -0.05) is 18.2 Å². The molecule has 0 saturated carbocycles. The number of aryl methyl sites for hydroxylation is 2. The van der Waals surface area contributed by atoms with Crippen LogP contribution in [0.2, 0.25) is 0 Å². The molecule has 0 saturated heterocycles.